The molecule has 0 saturated heterocycles. The zero-order chi connectivity index (χ0) is 12.0. The van der Waals surface area contributed by atoms with Gasteiger partial charge < -0.3 is 10.1 Å². The molecular weight excluding hydrogens is 198 g/mol. The summed E-state index contributed by atoms with van der Waals surface area (Å²) in [6.45, 7) is 4.46. The molecule has 2 nitrogen and oxygen atoms in total. The van der Waals surface area contributed by atoms with E-state index in [1.165, 1.54) is 32.1 Å². The summed E-state index contributed by atoms with van der Waals surface area (Å²) in [6.07, 6.45) is 9.24. The van der Waals surface area contributed by atoms with E-state index < -0.39 is 0 Å². The first-order valence-corrected chi connectivity index (χ1v) is 6.59. The quantitative estimate of drug-likeness (QED) is 0.726. The van der Waals surface area contributed by atoms with Crippen molar-refractivity contribution in [3.8, 4) is 0 Å². The van der Waals surface area contributed by atoms with Crippen LogP contribution in [-0.2, 0) is 4.74 Å². The minimum absolute atomic E-state index is 0.286. The standard InChI is InChI=1S/C14H27NO/c1-11(2)14(16-4)13(15-3)12-9-7-5-6-8-10-12/h9,11,13-15H,5-8,10H2,1-4H3. The number of hydrogen-bond acceptors (Lipinski definition) is 2. The van der Waals surface area contributed by atoms with Crippen molar-refractivity contribution in [2.75, 3.05) is 14.2 Å². The first kappa shape index (κ1) is 13.7. The lowest BCUT2D eigenvalue weighted by atomic mass is 9.91. The maximum absolute atomic E-state index is 5.66. The highest BCUT2D eigenvalue weighted by Crippen LogP contribution is 2.24. The van der Waals surface area contributed by atoms with Gasteiger partial charge in [-0.25, -0.2) is 0 Å². The maximum atomic E-state index is 5.66. The molecule has 0 fully saturated rings. The van der Waals surface area contributed by atoms with Crippen LogP contribution < -0.4 is 5.32 Å². The van der Waals surface area contributed by atoms with E-state index in [1.54, 1.807) is 5.57 Å². The molecule has 0 spiro atoms. The summed E-state index contributed by atoms with van der Waals surface area (Å²) in [7, 11) is 3.87. The average molecular weight is 225 g/mol. The van der Waals surface area contributed by atoms with E-state index in [2.05, 4.69) is 25.2 Å². The van der Waals surface area contributed by atoms with Crippen LogP contribution in [0.2, 0.25) is 0 Å². The van der Waals surface area contributed by atoms with Crippen molar-refractivity contribution >= 4 is 0 Å². The lowest BCUT2D eigenvalue weighted by Crippen LogP contribution is -2.43. The Bertz CT molecular complexity index is 223. The molecule has 1 rings (SSSR count). The summed E-state index contributed by atoms with van der Waals surface area (Å²) < 4.78 is 5.66. The Hall–Kier alpha value is -0.340. The Labute approximate surface area is 100 Å². The van der Waals surface area contributed by atoms with Gasteiger partial charge in [-0.15, -0.1) is 0 Å². The van der Waals surface area contributed by atoms with Gasteiger partial charge in [0.1, 0.15) is 0 Å². The van der Waals surface area contributed by atoms with E-state index in [0.717, 1.165) is 0 Å². The van der Waals surface area contributed by atoms with Gasteiger partial charge in [0.2, 0.25) is 0 Å². The predicted octanol–water partition coefficient (Wildman–Crippen LogP) is 3.14. The molecule has 0 aliphatic heterocycles. The van der Waals surface area contributed by atoms with Crippen molar-refractivity contribution in [1.29, 1.82) is 0 Å². The van der Waals surface area contributed by atoms with Crippen LogP contribution in [-0.4, -0.2) is 26.3 Å². The van der Waals surface area contributed by atoms with Gasteiger partial charge in [-0.05, 0) is 38.6 Å². The molecule has 16 heavy (non-hydrogen) atoms. The van der Waals surface area contributed by atoms with Crippen LogP contribution >= 0.6 is 0 Å². The number of likely N-dealkylation sites (N-methyl/N-ethyl adjacent to an activating group) is 1. The molecule has 2 atom stereocenters. The van der Waals surface area contributed by atoms with Crippen molar-refractivity contribution in [2.45, 2.75) is 58.1 Å². The summed E-state index contributed by atoms with van der Waals surface area (Å²) in [4.78, 5) is 0. The fraction of sp³-hybridized carbons (Fsp3) is 0.857. The van der Waals surface area contributed by atoms with Gasteiger partial charge in [0.25, 0.3) is 0 Å². The molecule has 94 valence electrons. The molecule has 0 aromatic carbocycles. The van der Waals surface area contributed by atoms with Crippen LogP contribution in [0.1, 0.15) is 46.0 Å². The smallest absolute Gasteiger partial charge is 0.0785 e. The summed E-state index contributed by atoms with van der Waals surface area (Å²) >= 11 is 0. The highest BCUT2D eigenvalue weighted by Gasteiger charge is 2.26. The normalized spacial score (nSPS) is 21.4. The monoisotopic (exact) mass is 225 g/mol. The summed E-state index contributed by atoms with van der Waals surface area (Å²) in [5, 5.41) is 3.44. The lowest BCUT2D eigenvalue weighted by molar-refractivity contribution is 0.0440. The highest BCUT2D eigenvalue weighted by molar-refractivity contribution is 5.14. The van der Waals surface area contributed by atoms with E-state index >= 15 is 0 Å². The summed E-state index contributed by atoms with van der Waals surface area (Å²) in [5.41, 5.74) is 1.56. The molecule has 0 aromatic rings. The fourth-order valence-corrected chi connectivity index (χ4v) is 2.68. The molecule has 0 heterocycles. The highest BCUT2D eigenvalue weighted by atomic mass is 16.5. The number of allylic oxidation sites excluding steroid dienone is 1. The molecular formula is C14H27NO. The van der Waals surface area contributed by atoms with Gasteiger partial charge in [0, 0.05) is 7.11 Å². The van der Waals surface area contributed by atoms with E-state index in [-0.39, 0.29) is 6.10 Å². The van der Waals surface area contributed by atoms with Crippen molar-refractivity contribution in [1.82, 2.24) is 5.32 Å². The van der Waals surface area contributed by atoms with Crippen molar-refractivity contribution in [2.24, 2.45) is 5.92 Å². The Morgan fingerprint density at radius 2 is 2.00 bits per heavy atom. The van der Waals surface area contributed by atoms with E-state index in [9.17, 15) is 0 Å². The molecule has 0 radical (unpaired) electrons. The third kappa shape index (κ3) is 3.60. The molecule has 1 aliphatic carbocycles. The number of hydrogen-bond donors (Lipinski definition) is 1. The Morgan fingerprint density at radius 3 is 2.56 bits per heavy atom. The van der Waals surface area contributed by atoms with Crippen LogP contribution in [0.4, 0.5) is 0 Å². The molecule has 2 unspecified atom stereocenters. The zero-order valence-electron chi connectivity index (χ0n) is 11.3. The largest absolute Gasteiger partial charge is 0.379 e. The minimum Gasteiger partial charge on any atom is -0.379 e. The second kappa shape index (κ2) is 7.08. The molecule has 1 aliphatic rings. The van der Waals surface area contributed by atoms with E-state index in [4.69, 9.17) is 4.74 Å². The van der Waals surface area contributed by atoms with Gasteiger partial charge in [-0.1, -0.05) is 31.9 Å². The van der Waals surface area contributed by atoms with Crippen LogP contribution in [0.3, 0.4) is 0 Å². The number of methoxy groups -OCH3 is 1. The average Bonchev–Trinajstić information content (AvgIpc) is 2.53. The molecule has 0 aromatic heterocycles. The Balaban J connectivity index is 2.74. The molecule has 0 saturated carbocycles. The summed E-state index contributed by atoms with van der Waals surface area (Å²) in [5.74, 6) is 0.548. The van der Waals surface area contributed by atoms with Crippen molar-refractivity contribution < 1.29 is 4.74 Å². The third-order valence-corrected chi connectivity index (χ3v) is 3.54. The van der Waals surface area contributed by atoms with Crippen molar-refractivity contribution in [3.05, 3.63) is 11.6 Å². The van der Waals surface area contributed by atoms with Gasteiger partial charge in [-0.3, -0.25) is 0 Å². The number of nitrogens with one attached hydrogen (secondary N) is 1. The van der Waals surface area contributed by atoms with Gasteiger partial charge >= 0.3 is 0 Å². The SMILES string of the molecule is CNC(C1=CCCCCC1)C(OC)C(C)C. The van der Waals surface area contributed by atoms with Gasteiger partial charge in [-0.2, -0.15) is 0 Å². The second-order valence-corrected chi connectivity index (χ2v) is 5.09. The van der Waals surface area contributed by atoms with E-state index in [0.29, 0.717) is 12.0 Å². The maximum Gasteiger partial charge on any atom is 0.0785 e. The predicted molar refractivity (Wildman–Crippen MR) is 69.7 cm³/mol. The Kier molecular flexibility index (Phi) is 6.07. The van der Waals surface area contributed by atoms with Crippen LogP contribution in [0.5, 0.6) is 0 Å². The number of rotatable bonds is 5. The third-order valence-electron chi connectivity index (χ3n) is 3.54. The first-order valence-electron chi connectivity index (χ1n) is 6.59. The lowest BCUT2D eigenvalue weighted by Gasteiger charge is -2.30. The molecule has 0 bridgehead atoms. The van der Waals surface area contributed by atoms with Crippen LogP contribution in [0, 0.1) is 5.92 Å². The van der Waals surface area contributed by atoms with E-state index in [1.807, 2.05) is 14.2 Å². The Morgan fingerprint density at radius 1 is 1.25 bits per heavy atom. The topological polar surface area (TPSA) is 21.3 Å². The van der Waals surface area contributed by atoms with Crippen LogP contribution in [0.25, 0.3) is 0 Å². The summed E-state index contributed by atoms with van der Waals surface area (Å²) in [6, 6.07) is 0.392. The second-order valence-electron chi connectivity index (χ2n) is 5.09. The molecule has 2 heteroatoms. The molecule has 0 amide bonds. The first-order chi connectivity index (χ1) is 7.70. The minimum atomic E-state index is 0.286. The fourth-order valence-electron chi connectivity index (χ4n) is 2.68. The zero-order valence-corrected chi connectivity index (χ0v) is 11.3. The van der Waals surface area contributed by atoms with Crippen molar-refractivity contribution in [3.63, 3.8) is 0 Å². The molecule has 1 N–H and O–H groups in total. The van der Waals surface area contributed by atoms with Crippen LogP contribution in [0.15, 0.2) is 11.6 Å². The van der Waals surface area contributed by atoms with Gasteiger partial charge in [0.05, 0.1) is 12.1 Å². The van der Waals surface area contributed by atoms with Gasteiger partial charge in [0.15, 0.2) is 0 Å². The number of ether oxygens (including phenoxy) is 1.